The van der Waals surface area contributed by atoms with Gasteiger partial charge in [0.2, 0.25) is 0 Å². The topological polar surface area (TPSA) is 20.7 Å². The van der Waals surface area contributed by atoms with Crippen LogP contribution in [-0.2, 0) is 6.54 Å². The van der Waals surface area contributed by atoms with E-state index >= 15 is 0 Å². The molecule has 2 nitrogen and oxygen atoms in total. The van der Waals surface area contributed by atoms with Crippen molar-refractivity contribution in [1.82, 2.24) is 9.55 Å². The van der Waals surface area contributed by atoms with Gasteiger partial charge in [0.1, 0.15) is 0 Å². The molecule has 1 aromatic carbocycles. The van der Waals surface area contributed by atoms with Gasteiger partial charge in [-0.1, -0.05) is 25.5 Å². The van der Waals surface area contributed by atoms with Crippen molar-refractivity contribution in [3.63, 3.8) is 0 Å². The molecule has 1 heterocycles. The molecular formula is C12H16N2S. The summed E-state index contributed by atoms with van der Waals surface area (Å²) in [5, 5.41) is 0. The molecule has 0 saturated carbocycles. The highest BCUT2D eigenvalue weighted by Crippen LogP contribution is 2.18. The highest BCUT2D eigenvalue weighted by Gasteiger charge is 2.05. The van der Waals surface area contributed by atoms with E-state index in [1.165, 1.54) is 23.9 Å². The number of fused-ring (bicyclic) bond motifs is 1. The highest BCUT2D eigenvalue weighted by molar-refractivity contribution is 7.71. The summed E-state index contributed by atoms with van der Waals surface area (Å²) in [4.78, 5) is 3.25. The van der Waals surface area contributed by atoms with Gasteiger partial charge in [-0.2, -0.15) is 0 Å². The Balaban J connectivity index is 2.61. The first-order valence-corrected chi connectivity index (χ1v) is 5.83. The summed E-state index contributed by atoms with van der Waals surface area (Å²) in [6.45, 7) is 5.35. The molecule has 1 aromatic heterocycles. The minimum absolute atomic E-state index is 0.841. The molecule has 2 aromatic rings. The largest absolute Gasteiger partial charge is 0.331 e. The van der Waals surface area contributed by atoms with Crippen molar-refractivity contribution in [3.8, 4) is 0 Å². The van der Waals surface area contributed by atoms with Crippen molar-refractivity contribution >= 4 is 23.3 Å². The van der Waals surface area contributed by atoms with E-state index in [4.69, 9.17) is 12.2 Å². The Morgan fingerprint density at radius 1 is 1.40 bits per heavy atom. The van der Waals surface area contributed by atoms with Crippen LogP contribution in [0.5, 0.6) is 0 Å². The third-order valence-electron chi connectivity index (χ3n) is 2.73. The van der Waals surface area contributed by atoms with Gasteiger partial charge in [-0.3, -0.25) is 0 Å². The van der Waals surface area contributed by atoms with Crippen molar-refractivity contribution in [1.29, 1.82) is 0 Å². The lowest BCUT2D eigenvalue weighted by molar-refractivity contribution is 0.639. The molecule has 0 radical (unpaired) electrons. The number of aromatic nitrogens is 2. The second kappa shape index (κ2) is 4.19. The average Bonchev–Trinajstić information content (AvgIpc) is 2.53. The lowest BCUT2D eigenvalue weighted by atomic mass is 10.2. The number of nitrogens with one attached hydrogen (secondary N) is 1. The molecule has 0 aliphatic heterocycles. The maximum absolute atomic E-state index is 5.33. The van der Waals surface area contributed by atoms with Crippen LogP contribution in [0.4, 0.5) is 0 Å². The predicted molar refractivity (Wildman–Crippen MR) is 66.8 cm³/mol. The van der Waals surface area contributed by atoms with Crippen LogP contribution in [-0.4, -0.2) is 9.55 Å². The number of unbranched alkanes of at least 4 members (excludes halogenated alkanes) is 1. The van der Waals surface area contributed by atoms with Crippen LogP contribution >= 0.6 is 12.2 Å². The summed E-state index contributed by atoms with van der Waals surface area (Å²) in [7, 11) is 0. The Kier molecular flexibility index (Phi) is 2.91. The fraction of sp³-hybridized carbons (Fsp3) is 0.417. The van der Waals surface area contributed by atoms with E-state index in [9.17, 15) is 0 Å². The Hall–Kier alpha value is -1.09. The van der Waals surface area contributed by atoms with Crippen molar-refractivity contribution < 1.29 is 0 Å². The smallest absolute Gasteiger partial charge is 0.178 e. The van der Waals surface area contributed by atoms with Crippen molar-refractivity contribution in [2.75, 3.05) is 0 Å². The molecule has 0 aliphatic rings. The molecule has 0 spiro atoms. The zero-order valence-electron chi connectivity index (χ0n) is 9.21. The molecule has 15 heavy (non-hydrogen) atoms. The number of hydrogen-bond acceptors (Lipinski definition) is 1. The SMILES string of the molecule is CCCCn1c(=S)[nH]c2cccc(C)c21. The van der Waals surface area contributed by atoms with E-state index in [-0.39, 0.29) is 0 Å². The van der Waals surface area contributed by atoms with Gasteiger partial charge in [0.05, 0.1) is 11.0 Å². The first-order valence-electron chi connectivity index (χ1n) is 5.42. The van der Waals surface area contributed by atoms with Gasteiger partial charge in [0.25, 0.3) is 0 Å². The Morgan fingerprint density at radius 3 is 2.93 bits per heavy atom. The normalized spacial score (nSPS) is 11.1. The van der Waals surface area contributed by atoms with Crippen LogP contribution in [0.3, 0.4) is 0 Å². The number of aryl methyl sites for hydroxylation is 2. The number of H-pyrrole nitrogens is 1. The fourth-order valence-corrected chi connectivity index (χ4v) is 2.22. The molecule has 2 rings (SSSR count). The van der Waals surface area contributed by atoms with Crippen LogP contribution in [0.2, 0.25) is 0 Å². The third kappa shape index (κ3) is 1.84. The number of rotatable bonds is 3. The van der Waals surface area contributed by atoms with Crippen LogP contribution in [0, 0.1) is 11.7 Å². The molecule has 0 saturated heterocycles. The average molecular weight is 220 g/mol. The monoisotopic (exact) mass is 220 g/mol. The van der Waals surface area contributed by atoms with E-state index in [1.807, 2.05) is 0 Å². The number of hydrogen-bond donors (Lipinski definition) is 1. The van der Waals surface area contributed by atoms with Gasteiger partial charge in [0.15, 0.2) is 4.77 Å². The van der Waals surface area contributed by atoms with Crippen molar-refractivity contribution in [3.05, 3.63) is 28.5 Å². The van der Waals surface area contributed by atoms with E-state index in [1.54, 1.807) is 0 Å². The molecule has 0 unspecified atom stereocenters. The number of benzene rings is 1. The lowest BCUT2D eigenvalue weighted by Crippen LogP contribution is -1.98. The second-order valence-corrected chi connectivity index (χ2v) is 4.29. The van der Waals surface area contributed by atoms with Crippen LogP contribution in [0.25, 0.3) is 11.0 Å². The van der Waals surface area contributed by atoms with Gasteiger partial charge in [-0.25, -0.2) is 0 Å². The van der Waals surface area contributed by atoms with Gasteiger partial charge in [-0.05, 0) is 37.2 Å². The van der Waals surface area contributed by atoms with E-state index < -0.39 is 0 Å². The number of aromatic amines is 1. The van der Waals surface area contributed by atoms with E-state index in [0.29, 0.717) is 0 Å². The molecule has 0 atom stereocenters. The molecule has 1 N–H and O–H groups in total. The Bertz CT molecular complexity index is 522. The number of imidazole rings is 1. The number of para-hydroxylation sites is 1. The van der Waals surface area contributed by atoms with Gasteiger partial charge in [-0.15, -0.1) is 0 Å². The van der Waals surface area contributed by atoms with Gasteiger partial charge in [0, 0.05) is 6.54 Å². The summed E-state index contributed by atoms with van der Waals surface area (Å²) in [5.41, 5.74) is 3.70. The molecule has 80 valence electrons. The maximum Gasteiger partial charge on any atom is 0.178 e. The zero-order chi connectivity index (χ0) is 10.8. The summed E-state index contributed by atoms with van der Waals surface area (Å²) >= 11 is 5.33. The first-order chi connectivity index (χ1) is 7.24. The maximum atomic E-state index is 5.33. The predicted octanol–water partition coefficient (Wildman–Crippen LogP) is 3.81. The third-order valence-corrected chi connectivity index (χ3v) is 3.05. The molecule has 0 bridgehead atoms. The fourth-order valence-electron chi connectivity index (χ4n) is 1.93. The van der Waals surface area contributed by atoms with E-state index in [0.717, 1.165) is 16.8 Å². The van der Waals surface area contributed by atoms with E-state index in [2.05, 4.69) is 41.6 Å². The van der Waals surface area contributed by atoms with Gasteiger partial charge >= 0.3 is 0 Å². The minimum atomic E-state index is 0.841. The van der Waals surface area contributed by atoms with Crippen LogP contribution in [0.1, 0.15) is 25.3 Å². The van der Waals surface area contributed by atoms with Crippen LogP contribution in [0.15, 0.2) is 18.2 Å². The quantitative estimate of drug-likeness (QED) is 0.780. The molecule has 3 heteroatoms. The van der Waals surface area contributed by atoms with Crippen molar-refractivity contribution in [2.24, 2.45) is 0 Å². The van der Waals surface area contributed by atoms with Crippen LogP contribution < -0.4 is 0 Å². The standard InChI is InChI=1S/C12H16N2S/c1-3-4-8-14-11-9(2)6-5-7-10(11)13-12(14)15/h5-7H,3-4,8H2,1-2H3,(H,13,15). The summed E-state index contributed by atoms with van der Waals surface area (Å²) in [6, 6.07) is 6.28. The summed E-state index contributed by atoms with van der Waals surface area (Å²) < 4.78 is 3.05. The minimum Gasteiger partial charge on any atom is -0.331 e. The second-order valence-electron chi connectivity index (χ2n) is 3.91. The molecule has 0 amide bonds. The molecule has 0 aliphatic carbocycles. The van der Waals surface area contributed by atoms with Gasteiger partial charge < -0.3 is 9.55 Å². The summed E-state index contributed by atoms with van der Waals surface area (Å²) in [5.74, 6) is 0. The molecule has 0 fully saturated rings. The van der Waals surface area contributed by atoms with Crippen molar-refractivity contribution in [2.45, 2.75) is 33.2 Å². The Morgan fingerprint density at radius 2 is 2.20 bits per heavy atom. The lowest BCUT2D eigenvalue weighted by Gasteiger charge is -2.04. The highest BCUT2D eigenvalue weighted by atomic mass is 32.1. The Labute approximate surface area is 94.9 Å². The molecular weight excluding hydrogens is 204 g/mol. The zero-order valence-corrected chi connectivity index (χ0v) is 10.0. The summed E-state index contributed by atoms with van der Waals surface area (Å²) in [6.07, 6.45) is 2.37. The first kappa shape index (κ1) is 10.4. The number of nitrogens with zero attached hydrogens (tertiary/aromatic N) is 1.